The van der Waals surface area contributed by atoms with Gasteiger partial charge in [-0.2, -0.15) is 0 Å². The van der Waals surface area contributed by atoms with Crippen LogP contribution in [0.5, 0.6) is 0 Å². The number of nitrogens with one attached hydrogen (secondary N) is 1. The zero-order valence-electron chi connectivity index (χ0n) is 9.10. The van der Waals surface area contributed by atoms with Crippen LogP contribution >= 0.6 is 24.0 Å². The number of amides is 1. The normalized spacial score (nSPS) is 25.2. The van der Waals surface area contributed by atoms with Gasteiger partial charge in [0, 0.05) is 5.92 Å². The van der Waals surface area contributed by atoms with Gasteiger partial charge >= 0.3 is 0 Å². The van der Waals surface area contributed by atoms with Crippen molar-refractivity contribution in [3.63, 3.8) is 0 Å². The second kappa shape index (κ2) is 4.27. The Morgan fingerprint density at radius 1 is 1.41 bits per heavy atom. The molecule has 0 spiro atoms. The highest BCUT2D eigenvalue weighted by molar-refractivity contribution is 8.26. The maximum Gasteiger partial charge on any atom is 0.263 e. The van der Waals surface area contributed by atoms with E-state index in [0.717, 1.165) is 17.7 Å². The molecule has 0 aromatic heterocycles. The van der Waals surface area contributed by atoms with Gasteiger partial charge in [0.15, 0.2) is 0 Å². The average molecular weight is 261 g/mol. The van der Waals surface area contributed by atoms with Gasteiger partial charge in [0.25, 0.3) is 5.91 Å². The minimum Gasteiger partial charge on any atom is -0.307 e. The van der Waals surface area contributed by atoms with Crippen molar-refractivity contribution in [2.45, 2.75) is 18.8 Å². The summed E-state index contributed by atoms with van der Waals surface area (Å²) in [4.78, 5) is 12.3. The number of benzene rings is 1. The fraction of sp³-hybridized carbons (Fsp3) is 0.231. The lowest BCUT2D eigenvalue weighted by Gasteiger charge is -2.06. The number of fused-ring (bicyclic) bond motifs is 1. The third-order valence-electron chi connectivity index (χ3n) is 3.17. The largest absolute Gasteiger partial charge is 0.307 e. The topological polar surface area (TPSA) is 29.1 Å². The minimum atomic E-state index is -0.0515. The first kappa shape index (κ1) is 11.0. The first-order valence-electron chi connectivity index (χ1n) is 5.57. The van der Waals surface area contributed by atoms with Gasteiger partial charge in [-0.05, 0) is 24.0 Å². The molecule has 4 heteroatoms. The summed E-state index contributed by atoms with van der Waals surface area (Å²) in [5, 5.41) is 2.65. The summed E-state index contributed by atoms with van der Waals surface area (Å²) in [5.74, 6) is 0.310. The summed E-state index contributed by atoms with van der Waals surface area (Å²) in [6.45, 7) is 0. The van der Waals surface area contributed by atoms with Crippen molar-refractivity contribution in [2.75, 3.05) is 0 Å². The van der Waals surface area contributed by atoms with Gasteiger partial charge in [0.1, 0.15) is 4.32 Å². The molecule has 3 rings (SSSR count). The molecule has 86 valence electrons. The number of thioether (sulfide) groups is 1. The number of rotatable bonds is 1. The van der Waals surface area contributed by atoms with Crippen LogP contribution in [0, 0.1) is 0 Å². The summed E-state index contributed by atoms with van der Waals surface area (Å²) in [6.07, 6.45) is 4.25. The van der Waals surface area contributed by atoms with Gasteiger partial charge in [-0.1, -0.05) is 54.3 Å². The first-order chi connectivity index (χ1) is 8.24. The predicted octanol–water partition coefficient (Wildman–Crippen LogP) is 2.75. The quantitative estimate of drug-likeness (QED) is 0.622. The van der Waals surface area contributed by atoms with Crippen LogP contribution in [0.2, 0.25) is 0 Å². The van der Waals surface area contributed by atoms with Crippen LogP contribution in [0.4, 0.5) is 0 Å². The second-order valence-electron chi connectivity index (χ2n) is 4.22. The van der Waals surface area contributed by atoms with Gasteiger partial charge in [0.05, 0.1) is 4.91 Å². The van der Waals surface area contributed by atoms with E-state index in [9.17, 15) is 4.79 Å². The van der Waals surface area contributed by atoms with Crippen LogP contribution in [0.25, 0.3) is 0 Å². The van der Waals surface area contributed by atoms with Crippen LogP contribution in [0.15, 0.2) is 35.2 Å². The Labute approximate surface area is 109 Å². The molecule has 1 atom stereocenters. The molecule has 1 aromatic rings. The zero-order valence-corrected chi connectivity index (χ0v) is 10.7. The molecule has 1 heterocycles. The highest BCUT2D eigenvalue weighted by atomic mass is 32.2. The fourth-order valence-corrected chi connectivity index (χ4v) is 3.46. The van der Waals surface area contributed by atoms with Crippen LogP contribution in [-0.2, 0) is 11.2 Å². The molecule has 0 bridgehead atoms. The van der Waals surface area contributed by atoms with E-state index in [2.05, 4.69) is 35.7 Å². The monoisotopic (exact) mass is 261 g/mol. The van der Waals surface area contributed by atoms with Gasteiger partial charge < -0.3 is 5.32 Å². The highest BCUT2D eigenvalue weighted by Gasteiger charge is 2.26. The maximum atomic E-state index is 11.6. The summed E-state index contributed by atoms with van der Waals surface area (Å²) < 4.78 is 0.563. The molecule has 17 heavy (non-hydrogen) atoms. The van der Waals surface area contributed by atoms with E-state index >= 15 is 0 Å². The van der Waals surface area contributed by atoms with E-state index in [1.54, 1.807) is 0 Å². The molecule has 1 unspecified atom stereocenters. The fourth-order valence-electron chi connectivity index (χ4n) is 2.38. The van der Waals surface area contributed by atoms with E-state index in [-0.39, 0.29) is 5.91 Å². The Morgan fingerprint density at radius 3 is 3.00 bits per heavy atom. The Morgan fingerprint density at radius 2 is 2.24 bits per heavy atom. The Bertz CT molecular complexity index is 536. The molecule has 1 aliphatic carbocycles. The van der Waals surface area contributed by atoms with Crippen molar-refractivity contribution in [2.24, 2.45) is 0 Å². The van der Waals surface area contributed by atoms with Gasteiger partial charge in [0.2, 0.25) is 0 Å². The third kappa shape index (κ3) is 2.03. The summed E-state index contributed by atoms with van der Waals surface area (Å²) in [6, 6.07) is 8.45. The van der Waals surface area contributed by atoms with Crippen LogP contribution < -0.4 is 5.32 Å². The number of allylic oxidation sites excluding steroid dienone is 1. The SMILES string of the molecule is O=C1NC(=S)SC1=CC1CCc2ccccc21. The molecule has 1 amide bonds. The Hall–Kier alpha value is -1.13. The molecular formula is C13H11NOS2. The Balaban J connectivity index is 1.91. The number of carbonyl (C=O) groups excluding carboxylic acids is 1. The zero-order chi connectivity index (χ0) is 11.8. The van der Waals surface area contributed by atoms with Crippen molar-refractivity contribution >= 4 is 34.2 Å². The van der Waals surface area contributed by atoms with Crippen molar-refractivity contribution in [1.29, 1.82) is 0 Å². The number of hydrogen-bond acceptors (Lipinski definition) is 3. The molecule has 0 radical (unpaired) electrons. The smallest absolute Gasteiger partial charge is 0.263 e. The molecule has 1 saturated heterocycles. The number of hydrogen-bond donors (Lipinski definition) is 1. The molecule has 1 fully saturated rings. The standard InChI is InChI=1S/C13H11NOS2/c15-12-11(17-13(16)14-12)7-9-6-5-8-3-1-2-4-10(8)9/h1-4,7,9H,5-6H2,(H,14,15,16). The highest BCUT2D eigenvalue weighted by Crippen LogP contribution is 2.37. The molecule has 2 nitrogen and oxygen atoms in total. The lowest BCUT2D eigenvalue weighted by Crippen LogP contribution is -2.17. The van der Waals surface area contributed by atoms with E-state index in [0.29, 0.717) is 10.2 Å². The Kier molecular flexibility index (Phi) is 2.76. The van der Waals surface area contributed by atoms with E-state index in [1.165, 1.54) is 22.9 Å². The first-order valence-corrected chi connectivity index (χ1v) is 6.79. The second-order valence-corrected chi connectivity index (χ2v) is 5.94. The van der Waals surface area contributed by atoms with E-state index in [1.807, 2.05) is 0 Å². The lowest BCUT2D eigenvalue weighted by molar-refractivity contribution is -0.115. The minimum absolute atomic E-state index is 0.0515. The molecule has 1 aromatic carbocycles. The molecule has 1 N–H and O–H groups in total. The number of thiocarbonyl (C=S) groups is 1. The summed E-state index contributed by atoms with van der Waals surface area (Å²) in [5.41, 5.74) is 2.76. The predicted molar refractivity (Wildman–Crippen MR) is 73.9 cm³/mol. The molecule has 0 saturated carbocycles. The third-order valence-corrected chi connectivity index (χ3v) is 4.35. The van der Waals surface area contributed by atoms with E-state index in [4.69, 9.17) is 12.2 Å². The van der Waals surface area contributed by atoms with E-state index < -0.39 is 0 Å². The molecule has 2 aliphatic rings. The molecular weight excluding hydrogens is 250 g/mol. The maximum absolute atomic E-state index is 11.6. The molecule has 1 aliphatic heterocycles. The van der Waals surface area contributed by atoms with Crippen molar-refractivity contribution in [3.8, 4) is 0 Å². The number of carbonyl (C=O) groups is 1. The van der Waals surface area contributed by atoms with Crippen LogP contribution in [0.3, 0.4) is 0 Å². The van der Waals surface area contributed by atoms with Crippen molar-refractivity contribution in [3.05, 3.63) is 46.4 Å². The van der Waals surface area contributed by atoms with Crippen LogP contribution in [-0.4, -0.2) is 10.2 Å². The average Bonchev–Trinajstić information content (AvgIpc) is 2.85. The van der Waals surface area contributed by atoms with Gasteiger partial charge in [-0.15, -0.1) is 0 Å². The number of aryl methyl sites for hydroxylation is 1. The van der Waals surface area contributed by atoms with Gasteiger partial charge in [-0.3, -0.25) is 4.79 Å². The van der Waals surface area contributed by atoms with Crippen molar-refractivity contribution in [1.82, 2.24) is 5.32 Å². The van der Waals surface area contributed by atoms with Crippen molar-refractivity contribution < 1.29 is 4.79 Å². The lowest BCUT2D eigenvalue weighted by atomic mass is 10.0. The van der Waals surface area contributed by atoms with Gasteiger partial charge in [-0.25, -0.2) is 0 Å². The summed E-state index contributed by atoms with van der Waals surface area (Å²) >= 11 is 6.35. The van der Waals surface area contributed by atoms with Crippen LogP contribution in [0.1, 0.15) is 23.5 Å². The summed E-state index contributed by atoms with van der Waals surface area (Å²) in [7, 11) is 0.